The van der Waals surface area contributed by atoms with Crippen LogP contribution >= 0.6 is 36.2 Å². The van der Waals surface area contributed by atoms with Crippen LogP contribution in [-0.4, -0.2) is 34.9 Å². The van der Waals surface area contributed by atoms with E-state index in [2.05, 4.69) is 4.98 Å². The maximum absolute atomic E-state index is 12.2. The Morgan fingerprint density at radius 3 is 2.33 bits per heavy atom. The van der Waals surface area contributed by atoms with Gasteiger partial charge in [0.1, 0.15) is 4.88 Å². The quantitative estimate of drug-likeness (QED) is 0.864. The smallest absolute Gasteiger partial charge is 0.265 e. The number of likely N-dealkylation sites (tertiary alicyclic amines) is 1. The summed E-state index contributed by atoms with van der Waals surface area (Å²) in [7, 11) is 0. The third kappa shape index (κ3) is 3.82. The fourth-order valence-electron chi connectivity index (χ4n) is 1.98. The predicted octanol–water partition coefficient (Wildman–Crippen LogP) is 2.17. The first-order chi connectivity index (χ1) is 7.58. The van der Waals surface area contributed by atoms with E-state index in [4.69, 9.17) is 5.73 Å². The van der Waals surface area contributed by atoms with E-state index in [1.54, 1.807) is 0 Å². The zero-order valence-electron chi connectivity index (χ0n) is 10.5. The number of amides is 1. The van der Waals surface area contributed by atoms with Gasteiger partial charge in [0.25, 0.3) is 5.91 Å². The van der Waals surface area contributed by atoms with Gasteiger partial charge >= 0.3 is 0 Å². The Hall–Kier alpha value is -0.360. The first kappa shape index (κ1) is 17.6. The van der Waals surface area contributed by atoms with Crippen molar-refractivity contribution in [2.45, 2.75) is 32.7 Å². The zero-order chi connectivity index (χ0) is 11.7. The molecule has 1 aromatic heterocycles. The normalized spacial score (nSPS) is 15.8. The lowest BCUT2D eigenvalue weighted by Crippen LogP contribution is -2.42. The lowest BCUT2D eigenvalue weighted by atomic mass is 10.1. The molecule has 1 aromatic rings. The molecular formula is C11H19Cl2N3OS. The monoisotopic (exact) mass is 311 g/mol. The van der Waals surface area contributed by atoms with Crippen molar-refractivity contribution in [2.24, 2.45) is 5.73 Å². The van der Waals surface area contributed by atoms with Crippen LogP contribution in [0.4, 0.5) is 0 Å². The van der Waals surface area contributed by atoms with E-state index in [1.807, 2.05) is 18.7 Å². The van der Waals surface area contributed by atoms with Crippen LogP contribution in [-0.2, 0) is 0 Å². The number of carbonyl (C=O) groups is 1. The number of rotatable bonds is 1. The Morgan fingerprint density at radius 1 is 1.33 bits per heavy atom. The summed E-state index contributed by atoms with van der Waals surface area (Å²) in [6.45, 7) is 5.37. The molecule has 0 spiro atoms. The summed E-state index contributed by atoms with van der Waals surface area (Å²) in [4.78, 5) is 19.2. The molecule has 0 saturated carbocycles. The van der Waals surface area contributed by atoms with Crippen molar-refractivity contribution in [3.63, 3.8) is 0 Å². The largest absolute Gasteiger partial charge is 0.338 e. The van der Waals surface area contributed by atoms with Crippen LogP contribution in [0.5, 0.6) is 0 Å². The predicted molar refractivity (Wildman–Crippen MR) is 79.2 cm³/mol. The van der Waals surface area contributed by atoms with Gasteiger partial charge < -0.3 is 10.6 Å². The number of hydrogen-bond acceptors (Lipinski definition) is 4. The molecule has 2 heterocycles. The maximum Gasteiger partial charge on any atom is 0.265 e. The number of aromatic nitrogens is 1. The molecule has 1 aliphatic heterocycles. The topological polar surface area (TPSA) is 59.2 Å². The molecule has 0 aromatic carbocycles. The molecule has 0 aliphatic carbocycles. The third-order valence-corrected chi connectivity index (χ3v) is 3.99. The highest BCUT2D eigenvalue weighted by molar-refractivity contribution is 7.13. The van der Waals surface area contributed by atoms with Crippen LogP contribution in [0.15, 0.2) is 0 Å². The molecule has 0 radical (unpaired) electrons. The fraction of sp³-hybridized carbons (Fsp3) is 0.636. The molecule has 18 heavy (non-hydrogen) atoms. The third-order valence-electron chi connectivity index (χ3n) is 2.92. The van der Waals surface area contributed by atoms with E-state index in [1.165, 1.54) is 11.3 Å². The second-order valence-electron chi connectivity index (χ2n) is 4.28. The number of carbonyl (C=O) groups excluding carboxylic acids is 1. The van der Waals surface area contributed by atoms with E-state index < -0.39 is 0 Å². The Kier molecular flexibility index (Phi) is 7.14. The van der Waals surface area contributed by atoms with Crippen LogP contribution in [0.25, 0.3) is 0 Å². The lowest BCUT2D eigenvalue weighted by Gasteiger charge is -2.29. The van der Waals surface area contributed by atoms with Gasteiger partial charge in [-0.3, -0.25) is 4.79 Å². The molecule has 104 valence electrons. The standard InChI is InChI=1S/C11H17N3OS.2ClH/c1-7-10(16-8(2)13-7)11(15)14-5-3-9(12)4-6-14;;/h9H,3-6,12H2,1-2H3;2*1H. The fourth-order valence-corrected chi connectivity index (χ4v) is 2.86. The maximum atomic E-state index is 12.2. The first-order valence-electron chi connectivity index (χ1n) is 5.57. The molecule has 0 bridgehead atoms. The number of piperidine rings is 1. The summed E-state index contributed by atoms with van der Waals surface area (Å²) in [5.74, 6) is 0.120. The Balaban J connectivity index is 0.00000144. The van der Waals surface area contributed by atoms with Crippen LogP contribution in [0.2, 0.25) is 0 Å². The minimum absolute atomic E-state index is 0. The van der Waals surface area contributed by atoms with Crippen LogP contribution in [0.1, 0.15) is 33.2 Å². The molecule has 0 atom stereocenters. The molecule has 7 heteroatoms. The molecule has 1 amide bonds. The molecule has 1 fully saturated rings. The van der Waals surface area contributed by atoms with E-state index >= 15 is 0 Å². The minimum atomic E-state index is 0. The van der Waals surface area contributed by atoms with Gasteiger partial charge in [0.05, 0.1) is 10.7 Å². The van der Waals surface area contributed by atoms with Crippen molar-refractivity contribution in [3.8, 4) is 0 Å². The van der Waals surface area contributed by atoms with Gasteiger partial charge in [0.15, 0.2) is 0 Å². The first-order valence-corrected chi connectivity index (χ1v) is 6.38. The van der Waals surface area contributed by atoms with Crippen molar-refractivity contribution in [1.29, 1.82) is 0 Å². The summed E-state index contributed by atoms with van der Waals surface area (Å²) in [6, 6.07) is 0.258. The average molecular weight is 312 g/mol. The Labute approximate surface area is 124 Å². The van der Waals surface area contributed by atoms with Crippen LogP contribution in [0.3, 0.4) is 0 Å². The highest BCUT2D eigenvalue weighted by atomic mass is 35.5. The highest BCUT2D eigenvalue weighted by Gasteiger charge is 2.24. The molecule has 1 saturated heterocycles. The molecule has 2 N–H and O–H groups in total. The second kappa shape index (κ2) is 7.28. The number of nitrogens with two attached hydrogens (primary N) is 1. The van der Waals surface area contributed by atoms with Crippen molar-refractivity contribution in [2.75, 3.05) is 13.1 Å². The van der Waals surface area contributed by atoms with E-state index in [9.17, 15) is 4.79 Å². The summed E-state index contributed by atoms with van der Waals surface area (Å²) < 4.78 is 0. The van der Waals surface area contributed by atoms with Gasteiger partial charge in [-0.1, -0.05) is 0 Å². The van der Waals surface area contributed by atoms with Crippen molar-refractivity contribution >= 4 is 42.1 Å². The van der Waals surface area contributed by atoms with Crippen molar-refractivity contribution in [1.82, 2.24) is 9.88 Å². The van der Waals surface area contributed by atoms with Gasteiger partial charge in [0.2, 0.25) is 0 Å². The molecular weight excluding hydrogens is 293 g/mol. The zero-order valence-corrected chi connectivity index (χ0v) is 13.0. The molecule has 1 aliphatic rings. The number of halogens is 2. The van der Waals surface area contributed by atoms with Crippen molar-refractivity contribution in [3.05, 3.63) is 15.6 Å². The van der Waals surface area contributed by atoms with Gasteiger partial charge in [-0.25, -0.2) is 4.98 Å². The highest BCUT2D eigenvalue weighted by Crippen LogP contribution is 2.21. The molecule has 4 nitrogen and oxygen atoms in total. The summed E-state index contributed by atoms with van der Waals surface area (Å²) in [5, 5.41) is 0.953. The van der Waals surface area contributed by atoms with Gasteiger partial charge in [0, 0.05) is 19.1 Å². The van der Waals surface area contributed by atoms with E-state index in [0.717, 1.165) is 41.5 Å². The molecule has 2 rings (SSSR count). The SMILES string of the molecule is Cc1nc(C)c(C(=O)N2CCC(N)CC2)s1.Cl.Cl. The second-order valence-corrected chi connectivity index (χ2v) is 5.48. The summed E-state index contributed by atoms with van der Waals surface area (Å²) >= 11 is 1.48. The van der Waals surface area contributed by atoms with Crippen LogP contribution in [0, 0.1) is 13.8 Å². The Bertz CT molecular complexity index is 403. The molecule has 0 unspecified atom stereocenters. The van der Waals surface area contributed by atoms with Gasteiger partial charge in [-0.2, -0.15) is 0 Å². The number of hydrogen-bond donors (Lipinski definition) is 1. The number of nitrogens with zero attached hydrogens (tertiary/aromatic N) is 2. The van der Waals surface area contributed by atoms with Gasteiger partial charge in [-0.15, -0.1) is 36.2 Å². The van der Waals surface area contributed by atoms with Crippen LogP contribution < -0.4 is 5.73 Å². The van der Waals surface area contributed by atoms with Gasteiger partial charge in [-0.05, 0) is 26.7 Å². The minimum Gasteiger partial charge on any atom is -0.338 e. The summed E-state index contributed by atoms with van der Waals surface area (Å²) in [6.07, 6.45) is 1.81. The average Bonchev–Trinajstić information content (AvgIpc) is 2.58. The summed E-state index contributed by atoms with van der Waals surface area (Å²) in [5.41, 5.74) is 6.67. The lowest BCUT2D eigenvalue weighted by molar-refractivity contribution is 0.0718. The van der Waals surface area contributed by atoms with E-state index in [-0.39, 0.29) is 36.8 Å². The Morgan fingerprint density at radius 2 is 1.89 bits per heavy atom. The van der Waals surface area contributed by atoms with E-state index in [0.29, 0.717) is 0 Å². The van der Waals surface area contributed by atoms with Crippen molar-refractivity contribution < 1.29 is 4.79 Å². The number of aryl methyl sites for hydroxylation is 2. The number of thiazole rings is 1.